The first-order valence-electron chi connectivity index (χ1n) is 7.52. The Kier molecular flexibility index (Phi) is 8.23. The smallest absolute Gasteiger partial charge is 0.306 e. The molecule has 6 heteroatoms. The lowest BCUT2D eigenvalue weighted by Gasteiger charge is -2.17. The molecule has 1 aromatic rings. The third-order valence-electron chi connectivity index (χ3n) is 2.98. The summed E-state index contributed by atoms with van der Waals surface area (Å²) in [5.41, 5.74) is 1.17. The minimum atomic E-state index is -0.370. The SMILES string of the molecule is CCCOC(=O)CCC(=O)N(CC#N)c1cc(CCC)cs1. The lowest BCUT2D eigenvalue weighted by atomic mass is 10.2. The summed E-state index contributed by atoms with van der Waals surface area (Å²) in [6.07, 6.45) is 2.86. The van der Waals surface area contributed by atoms with E-state index in [4.69, 9.17) is 10.00 Å². The molecule has 0 aliphatic heterocycles. The quantitative estimate of drug-likeness (QED) is 0.516. The number of carbonyl (C=O) groups is 2. The minimum Gasteiger partial charge on any atom is -0.466 e. The number of carbonyl (C=O) groups excluding carboxylic acids is 2. The molecule has 120 valence electrons. The highest BCUT2D eigenvalue weighted by atomic mass is 32.1. The summed E-state index contributed by atoms with van der Waals surface area (Å²) < 4.78 is 4.95. The zero-order valence-corrected chi connectivity index (χ0v) is 13.9. The van der Waals surface area contributed by atoms with Gasteiger partial charge < -0.3 is 4.74 Å². The van der Waals surface area contributed by atoms with E-state index < -0.39 is 0 Å². The zero-order valence-electron chi connectivity index (χ0n) is 13.1. The molecule has 0 fully saturated rings. The Labute approximate surface area is 135 Å². The van der Waals surface area contributed by atoms with E-state index in [0.29, 0.717) is 6.61 Å². The van der Waals surface area contributed by atoms with Gasteiger partial charge in [-0.2, -0.15) is 5.26 Å². The van der Waals surface area contributed by atoms with Crippen molar-refractivity contribution in [3.63, 3.8) is 0 Å². The van der Waals surface area contributed by atoms with E-state index in [-0.39, 0.29) is 31.3 Å². The number of amides is 1. The number of thiophene rings is 1. The molecule has 1 aromatic heterocycles. The summed E-state index contributed by atoms with van der Waals surface area (Å²) in [5, 5.41) is 11.7. The lowest BCUT2D eigenvalue weighted by molar-refractivity contribution is -0.144. The van der Waals surface area contributed by atoms with E-state index in [1.807, 2.05) is 24.4 Å². The second-order valence-corrected chi connectivity index (χ2v) is 5.79. The lowest BCUT2D eigenvalue weighted by Crippen LogP contribution is -2.31. The van der Waals surface area contributed by atoms with Gasteiger partial charge in [-0.15, -0.1) is 11.3 Å². The highest BCUT2D eigenvalue weighted by Crippen LogP contribution is 2.26. The van der Waals surface area contributed by atoms with Crippen molar-refractivity contribution < 1.29 is 14.3 Å². The highest BCUT2D eigenvalue weighted by molar-refractivity contribution is 7.14. The Morgan fingerprint density at radius 3 is 2.73 bits per heavy atom. The normalized spacial score (nSPS) is 10.0. The van der Waals surface area contributed by atoms with Gasteiger partial charge in [-0.05, 0) is 29.9 Å². The van der Waals surface area contributed by atoms with Gasteiger partial charge in [-0.3, -0.25) is 14.5 Å². The molecule has 0 aromatic carbocycles. The molecule has 0 bridgehead atoms. The largest absolute Gasteiger partial charge is 0.466 e. The van der Waals surface area contributed by atoms with Crippen LogP contribution in [0.2, 0.25) is 0 Å². The summed E-state index contributed by atoms with van der Waals surface area (Å²) in [4.78, 5) is 25.2. The molecule has 1 amide bonds. The summed E-state index contributed by atoms with van der Waals surface area (Å²) in [5.74, 6) is -0.593. The van der Waals surface area contributed by atoms with Gasteiger partial charge in [-0.25, -0.2) is 0 Å². The Balaban J connectivity index is 2.63. The predicted molar refractivity (Wildman–Crippen MR) is 86.8 cm³/mol. The maximum absolute atomic E-state index is 12.3. The standard InChI is InChI=1S/C16H22N2O3S/c1-3-5-13-11-15(22-12-13)18(9-8-17)14(19)6-7-16(20)21-10-4-2/h11-12H,3-7,9-10H2,1-2H3. The molecular weight excluding hydrogens is 300 g/mol. The monoisotopic (exact) mass is 322 g/mol. The molecule has 0 radical (unpaired) electrons. The van der Waals surface area contributed by atoms with Crippen molar-refractivity contribution in [2.75, 3.05) is 18.1 Å². The van der Waals surface area contributed by atoms with Gasteiger partial charge in [0.15, 0.2) is 0 Å². The fourth-order valence-corrected chi connectivity index (χ4v) is 2.89. The molecule has 0 aliphatic carbocycles. The van der Waals surface area contributed by atoms with Gasteiger partial charge >= 0.3 is 5.97 Å². The van der Waals surface area contributed by atoms with E-state index in [2.05, 4.69) is 6.92 Å². The van der Waals surface area contributed by atoms with Crippen LogP contribution in [0.4, 0.5) is 5.00 Å². The van der Waals surface area contributed by atoms with E-state index in [1.165, 1.54) is 21.8 Å². The molecule has 0 atom stereocenters. The second kappa shape index (κ2) is 9.96. The van der Waals surface area contributed by atoms with Crippen molar-refractivity contribution in [2.24, 2.45) is 0 Å². The average Bonchev–Trinajstić information content (AvgIpc) is 2.96. The number of hydrogen-bond acceptors (Lipinski definition) is 5. The first-order valence-corrected chi connectivity index (χ1v) is 8.40. The predicted octanol–water partition coefficient (Wildman–Crippen LogP) is 3.29. The minimum absolute atomic E-state index is 0.00504. The van der Waals surface area contributed by atoms with Gasteiger partial charge in [0.05, 0.1) is 24.1 Å². The highest BCUT2D eigenvalue weighted by Gasteiger charge is 2.18. The van der Waals surface area contributed by atoms with Crippen molar-refractivity contribution in [3.8, 4) is 6.07 Å². The van der Waals surface area contributed by atoms with Crippen LogP contribution in [0.5, 0.6) is 0 Å². The molecule has 0 unspecified atom stereocenters. The molecule has 0 saturated heterocycles. The molecule has 0 saturated carbocycles. The van der Waals surface area contributed by atoms with Crippen molar-refractivity contribution in [3.05, 3.63) is 17.0 Å². The third-order valence-corrected chi connectivity index (χ3v) is 3.98. The van der Waals surface area contributed by atoms with Crippen LogP contribution in [-0.4, -0.2) is 25.0 Å². The van der Waals surface area contributed by atoms with E-state index in [0.717, 1.165) is 24.3 Å². The number of hydrogen-bond donors (Lipinski definition) is 0. The number of rotatable bonds is 9. The molecule has 1 rings (SSSR count). The first kappa shape index (κ1) is 18.2. The molecule has 1 heterocycles. The summed E-state index contributed by atoms with van der Waals surface area (Å²) in [6.45, 7) is 4.38. The Bertz CT molecular complexity index is 534. The molecular formula is C16H22N2O3S. The number of esters is 1. The maximum Gasteiger partial charge on any atom is 0.306 e. The molecule has 22 heavy (non-hydrogen) atoms. The fraction of sp³-hybridized carbons (Fsp3) is 0.562. The Hall–Kier alpha value is -1.87. The van der Waals surface area contributed by atoms with Crippen LogP contribution in [-0.2, 0) is 20.7 Å². The van der Waals surface area contributed by atoms with Crippen molar-refractivity contribution in [1.82, 2.24) is 0 Å². The van der Waals surface area contributed by atoms with Crippen LogP contribution in [0, 0.1) is 11.3 Å². The van der Waals surface area contributed by atoms with Crippen molar-refractivity contribution in [1.29, 1.82) is 5.26 Å². The van der Waals surface area contributed by atoms with Gasteiger partial charge in [0, 0.05) is 6.42 Å². The molecule has 5 nitrogen and oxygen atoms in total. The van der Waals surface area contributed by atoms with Crippen LogP contribution < -0.4 is 4.90 Å². The van der Waals surface area contributed by atoms with E-state index >= 15 is 0 Å². The average molecular weight is 322 g/mol. The van der Waals surface area contributed by atoms with Crippen LogP contribution in [0.25, 0.3) is 0 Å². The maximum atomic E-state index is 12.3. The van der Waals surface area contributed by atoms with Crippen LogP contribution in [0.1, 0.15) is 45.1 Å². The third kappa shape index (κ3) is 5.86. The van der Waals surface area contributed by atoms with Crippen LogP contribution >= 0.6 is 11.3 Å². The van der Waals surface area contributed by atoms with Gasteiger partial charge in [-0.1, -0.05) is 20.3 Å². The molecule has 0 N–H and O–H groups in total. The topological polar surface area (TPSA) is 70.4 Å². The fourth-order valence-electron chi connectivity index (χ4n) is 1.92. The zero-order chi connectivity index (χ0) is 16.4. The number of nitrogens with zero attached hydrogens (tertiary/aromatic N) is 2. The number of anilines is 1. The molecule has 0 spiro atoms. The van der Waals surface area contributed by atoms with Crippen molar-refractivity contribution >= 4 is 28.2 Å². The van der Waals surface area contributed by atoms with E-state index in [9.17, 15) is 9.59 Å². The van der Waals surface area contributed by atoms with Crippen LogP contribution in [0.3, 0.4) is 0 Å². The Morgan fingerprint density at radius 1 is 1.32 bits per heavy atom. The summed E-state index contributed by atoms with van der Waals surface area (Å²) in [7, 11) is 0. The van der Waals surface area contributed by atoms with Gasteiger partial charge in [0.25, 0.3) is 0 Å². The van der Waals surface area contributed by atoms with Crippen molar-refractivity contribution in [2.45, 2.75) is 46.0 Å². The second-order valence-electron chi connectivity index (χ2n) is 4.90. The van der Waals surface area contributed by atoms with Gasteiger partial charge in [0.1, 0.15) is 6.54 Å². The Morgan fingerprint density at radius 2 is 2.09 bits per heavy atom. The van der Waals surface area contributed by atoms with Gasteiger partial charge in [0.2, 0.25) is 5.91 Å². The number of aryl methyl sites for hydroxylation is 1. The van der Waals surface area contributed by atoms with Crippen LogP contribution in [0.15, 0.2) is 11.4 Å². The first-order chi connectivity index (χ1) is 10.6. The number of nitriles is 1. The number of ether oxygens (including phenoxy) is 1. The summed E-state index contributed by atoms with van der Waals surface area (Å²) >= 11 is 1.45. The molecule has 0 aliphatic rings. The summed E-state index contributed by atoms with van der Waals surface area (Å²) in [6, 6.07) is 3.95. The van der Waals surface area contributed by atoms with E-state index in [1.54, 1.807) is 0 Å².